The summed E-state index contributed by atoms with van der Waals surface area (Å²) in [4.78, 5) is 15.0. The molecule has 0 saturated heterocycles. The second-order valence-corrected chi connectivity index (χ2v) is 12.4. The van der Waals surface area contributed by atoms with Crippen molar-refractivity contribution in [3.05, 3.63) is 182 Å². The highest BCUT2D eigenvalue weighted by Crippen LogP contribution is 2.37. The topological polar surface area (TPSA) is 43.6 Å². The third kappa shape index (κ3) is 5.04. The summed E-state index contributed by atoms with van der Waals surface area (Å²) >= 11 is 0. The van der Waals surface area contributed by atoms with Crippen LogP contribution in [-0.4, -0.2) is 19.5 Å². The number of hydrogen-bond donors (Lipinski definition) is 0. The van der Waals surface area contributed by atoms with E-state index < -0.39 is 0 Å². The summed E-state index contributed by atoms with van der Waals surface area (Å²) in [5.41, 5.74) is 5.08. The van der Waals surface area contributed by atoms with Crippen molar-refractivity contribution in [2.75, 3.05) is 0 Å². The van der Waals surface area contributed by atoms with Gasteiger partial charge < -0.3 is 4.57 Å². The fourth-order valence-electron chi connectivity index (χ4n) is 6.94. The van der Waals surface area contributed by atoms with E-state index in [9.17, 15) is 0 Å². The van der Waals surface area contributed by atoms with Crippen molar-refractivity contribution in [3.63, 3.8) is 0 Å². The Balaban J connectivity index is 1.31. The van der Waals surface area contributed by atoms with E-state index in [1.54, 1.807) is 4.57 Å². The van der Waals surface area contributed by atoms with E-state index >= 15 is 0 Å². The van der Waals surface area contributed by atoms with E-state index in [0.717, 1.165) is 43.8 Å². The van der Waals surface area contributed by atoms with Gasteiger partial charge in [-0.15, -0.1) is 0 Å². The summed E-state index contributed by atoms with van der Waals surface area (Å²) in [6.07, 6.45) is 0. The van der Waals surface area contributed by atoms with Gasteiger partial charge in [0.2, 0.25) is 0 Å². The zero-order valence-corrected chi connectivity index (χ0v) is 27.1. The van der Waals surface area contributed by atoms with Crippen molar-refractivity contribution < 1.29 is 8.22 Å². The van der Waals surface area contributed by atoms with Crippen LogP contribution in [0.1, 0.15) is 8.22 Å². The van der Waals surface area contributed by atoms with Crippen molar-refractivity contribution in [2.45, 2.75) is 0 Å². The lowest BCUT2D eigenvalue weighted by molar-refractivity contribution is 1.07. The first-order chi connectivity index (χ1) is 27.7. The highest BCUT2D eigenvalue weighted by molar-refractivity contribution is 6.10. The Morgan fingerprint density at radius 2 is 0.922 bits per heavy atom. The first-order valence-electron chi connectivity index (χ1n) is 19.7. The van der Waals surface area contributed by atoms with Crippen molar-refractivity contribution in [1.29, 1.82) is 0 Å². The quantitative estimate of drug-likeness (QED) is 0.173. The van der Waals surface area contributed by atoms with Gasteiger partial charge >= 0.3 is 0 Å². The van der Waals surface area contributed by atoms with Crippen LogP contribution in [0.3, 0.4) is 0 Å². The zero-order chi connectivity index (χ0) is 38.9. The molecule has 0 amide bonds. The Morgan fingerprint density at radius 3 is 1.59 bits per heavy atom. The lowest BCUT2D eigenvalue weighted by Gasteiger charge is -2.15. The monoisotopic (exact) mass is 656 g/mol. The number of rotatable bonds is 5. The highest BCUT2D eigenvalue weighted by Gasteiger charge is 2.17. The normalized spacial score (nSPS) is 13.2. The van der Waals surface area contributed by atoms with Gasteiger partial charge in [0.15, 0.2) is 17.5 Å². The molecule has 2 aromatic heterocycles. The van der Waals surface area contributed by atoms with Crippen LogP contribution in [-0.2, 0) is 0 Å². The molecule has 238 valence electrons. The number of benzene rings is 8. The molecule has 0 aliphatic carbocycles. The largest absolute Gasteiger partial charge is 0.309 e. The molecule has 8 aromatic carbocycles. The third-order valence-electron chi connectivity index (χ3n) is 9.34. The Hall–Kier alpha value is -6.91. The first-order valence-corrected chi connectivity index (χ1v) is 16.7. The summed E-state index contributed by atoms with van der Waals surface area (Å²) in [6.45, 7) is 0. The second kappa shape index (κ2) is 11.9. The summed E-state index contributed by atoms with van der Waals surface area (Å²) < 4.78 is 54.9. The predicted molar refractivity (Wildman–Crippen MR) is 211 cm³/mol. The van der Waals surface area contributed by atoms with E-state index in [1.807, 2.05) is 91.0 Å². The summed E-state index contributed by atoms with van der Waals surface area (Å²) in [5.74, 6) is 1.39. The average Bonchev–Trinajstić information content (AvgIpc) is 3.63. The number of para-hydroxylation sites is 2. The molecule has 0 saturated carbocycles. The fraction of sp³-hybridized carbons (Fsp3) is 0. The van der Waals surface area contributed by atoms with Gasteiger partial charge in [-0.05, 0) is 69.0 Å². The molecule has 0 radical (unpaired) electrons. The lowest BCUT2D eigenvalue weighted by atomic mass is 9.96. The minimum Gasteiger partial charge on any atom is -0.309 e. The molecule has 10 aromatic rings. The van der Waals surface area contributed by atoms with Gasteiger partial charge in [0.1, 0.15) is 0 Å². The summed E-state index contributed by atoms with van der Waals surface area (Å²) in [7, 11) is 0. The lowest BCUT2D eigenvalue weighted by Crippen LogP contribution is -2.01. The Labute approximate surface area is 303 Å². The van der Waals surface area contributed by atoms with Gasteiger partial charge in [-0.1, -0.05) is 145 Å². The predicted octanol–water partition coefficient (Wildman–Crippen LogP) is 11.9. The Morgan fingerprint density at radius 1 is 0.373 bits per heavy atom. The first kappa shape index (κ1) is 23.4. The molecule has 0 spiro atoms. The summed E-state index contributed by atoms with van der Waals surface area (Å²) in [6, 6.07) is 46.1. The molecule has 0 N–H and O–H groups in total. The minimum absolute atomic E-state index is 0.0324. The minimum atomic E-state index is -0.168. The number of fused-ring (bicyclic) bond motifs is 6. The highest BCUT2D eigenvalue weighted by atomic mass is 15.0. The molecule has 10 rings (SSSR count). The molecule has 0 aliphatic rings. The maximum atomic E-state index is 9.13. The van der Waals surface area contributed by atoms with Crippen LogP contribution < -0.4 is 0 Å². The molecule has 51 heavy (non-hydrogen) atoms. The second-order valence-electron chi connectivity index (χ2n) is 12.4. The molecule has 0 unspecified atom stereocenters. The van der Waals surface area contributed by atoms with Crippen LogP contribution >= 0.6 is 0 Å². The zero-order valence-electron chi connectivity index (χ0n) is 33.1. The van der Waals surface area contributed by atoms with E-state index in [-0.39, 0.29) is 58.1 Å². The average molecular weight is 657 g/mol. The van der Waals surface area contributed by atoms with Gasteiger partial charge in [-0.2, -0.15) is 0 Å². The van der Waals surface area contributed by atoms with Gasteiger partial charge in [0, 0.05) is 33.2 Å². The number of aromatic nitrogens is 4. The number of hydrogen-bond acceptors (Lipinski definition) is 3. The summed E-state index contributed by atoms with van der Waals surface area (Å²) in [5, 5.41) is 4.86. The van der Waals surface area contributed by atoms with Gasteiger partial charge in [0.25, 0.3) is 0 Å². The molecule has 2 heterocycles. The molecular weight excluding hydrogens is 621 g/mol. The van der Waals surface area contributed by atoms with Crippen molar-refractivity contribution in [2.24, 2.45) is 0 Å². The third-order valence-corrected chi connectivity index (χ3v) is 9.34. The molecule has 4 nitrogen and oxygen atoms in total. The van der Waals surface area contributed by atoms with Gasteiger partial charge in [-0.25, -0.2) is 15.0 Å². The van der Waals surface area contributed by atoms with Crippen LogP contribution in [0.15, 0.2) is 182 Å². The van der Waals surface area contributed by atoms with E-state index in [1.165, 1.54) is 12.1 Å². The maximum absolute atomic E-state index is 9.13. The molecule has 0 bridgehead atoms. The maximum Gasteiger partial charge on any atom is 0.164 e. The number of nitrogens with zero attached hydrogens (tertiary/aromatic N) is 4. The SMILES string of the molecule is [2H]c1cc([2H])c2c(c1[2H])c1c([2H])c([2H])cc([2H])c1n2-c1cc(-c2ccc3c(ccc4ccccc43)c2)cc(-c2nc(-c3ccccc3)nc(-c3ccccc3)n2)c1. The smallest absolute Gasteiger partial charge is 0.164 e. The van der Waals surface area contributed by atoms with Gasteiger partial charge in [-0.3, -0.25) is 0 Å². The van der Waals surface area contributed by atoms with Crippen LogP contribution in [0, 0.1) is 0 Å². The van der Waals surface area contributed by atoms with Crippen LogP contribution in [0.25, 0.3) is 94.3 Å². The van der Waals surface area contributed by atoms with E-state index in [2.05, 4.69) is 42.5 Å². The molecular formula is C47H30N4. The Bertz CT molecular complexity index is 3130. The van der Waals surface area contributed by atoms with Gasteiger partial charge in [0.05, 0.1) is 19.3 Å². The molecule has 0 fully saturated rings. The fourth-order valence-corrected chi connectivity index (χ4v) is 6.94. The van der Waals surface area contributed by atoms with Crippen molar-refractivity contribution >= 4 is 43.4 Å². The molecule has 4 heteroatoms. The Kier molecular flexibility index (Phi) is 5.47. The van der Waals surface area contributed by atoms with Crippen LogP contribution in [0.4, 0.5) is 0 Å². The van der Waals surface area contributed by atoms with Crippen molar-refractivity contribution in [1.82, 2.24) is 19.5 Å². The van der Waals surface area contributed by atoms with Crippen molar-refractivity contribution in [3.8, 4) is 51.0 Å². The standard InChI is InChI=1S/C47H30N4/c1-3-14-32(15-4-1)45-48-46(33-16-5-2-6-17-33)50-47(49-45)37-28-36(34-25-26-40-35(27-34)24-23-31-13-7-8-18-39(31)40)29-38(30-37)51-43-21-11-9-19-41(43)42-20-10-12-22-44(42)51/h1-30H/i9D,10D,19D,20D,21D,22D. The van der Waals surface area contributed by atoms with E-state index in [0.29, 0.717) is 28.7 Å². The van der Waals surface area contributed by atoms with Crippen LogP contribution in [0.5, 0.6) is 0 Å². The molecule has 0 atom stereocenters. The van der Waals surface area contributed by atoms with E-state index in [4.69, 9.17) is 23.2 Å². The molecule has 0 aliphatic heterocycles. The van der Waals surface area contributed by atoms with Crippen LogP contribution in [0.2, 0.25) is 0 Å².